The minimum atomic E-state index is -0.409. The molecule has 1 aromatic rings. The Morgan fingerprint density at radius 2 is 1.79 bits per heavy atom. The van der Waals surface area contributed by atoms with E-state index in [1.807, 2.05) is 30.3 Å². The van der Waals surface area contributed by atoms with Crippen molar-refractivity contribution in [3.8, 4) is 0 Å². The van der Waals surface area contributed by atoms with Gasteiger partial charge in [0.25, 0.3) is 0 Å². The number of anilines is 1. The van der Waals surface area contributed by atoms with Crippen molar-refractivity contribution in [2.24, 2.45) is 5.41 Å². The van der Waals surface area contributed by atoms with Gasteiger partial charge in [-0.3, -0.25) is 9.59 Å². The molecule has 2 aliphatic rings. The molecule has 24 heavy (non-hydrogen) atoms. The number of nitrogens with zero attached hydrogens (tertiary/aromatic N) is 2. The number of carbonyl (C=O) groups is 3. The van der Waals surface area contributed by atoms with Crippen LogP contribution in [0.1, 0.15) is 13.3 Å². The summed E-state index contributed by atoms with van der Waals surface area (Å²) < 4.78 is 0. The van der Waals surface area contributed by atoms with Crippen LogP contribution in [0.15, 0.2) is 30.3 Å². The second-order valence-corrected chi connectivity index (χ2v) is 6.61. The molecule has 7 nitrogen and oxygen atoms in total. The molecule has 4 amide bonds. The maximum absolute atomic E-state index is 12.6. The predicted octanol–water partition coefficient (Wildman–Crippen LogP) is 0.889. The summed E-state index contributed by atoms with van der Waals surface area (Å²) in [4.78, 5) is 39.6. The fraction of sp³-hybridized carbons (Fsp3) is 0.471. The van der Waals surface area contributed by atoms with Crippen LogP contribution in [-0.4, -0.2) is 60.4 Å². The van der Waals surface area contributed by atoms with Gasteiger partial charge in [0.15, 0.2) is 0 Å². The molecule has 1 atom stereocenters. The zero-order chi connectivity index (χ0) is 17.2. The van der Waals surface area contributed by atoms with E-state index >= 15 is 0 Å². The molecule has 2 fully saturated rings. The lowest BCUT2D eigenvalue weighted by Gasteiger charge is -2.32. The standard InChI is InChI=1S/C17H22N4O3/c1-13(22)20-7-8-21(12-17(11-20)9-15(23)18-10-17)16(24)19-14-5-3-2-4-6-14/h2-6H,7-12H2,1H3,(H,18,23)(H,19,24). The SMILES string of the molecule is CC(=O)N1CCN(C(=O)Nc2ccccc2)CC2(CNC(=O)C2)C1. The number of rotatable bonds is 1. The van der Waals surface area contributed by atoms with Crippen LogP contribution in [0.25, 0.3) is 0 Å². The maximum Gasteiger partial charge on any atom is 0.321 e. The van der Waals surface area contributed by atoms with Crippen LogP contribution < -0.4 is 10.6 Å². The Balaban J connectivity index is 1.76. The van der Waals surface area contributed by atoms with Crippen LogP contribution >= 0.6 is 0 Å². The average molecular weight is 330 g/mol. The molecule has 2 heterocycles. The molecule has 1 aromatic carbocycles. The summed E-state index contributed by atoms with van der Waals surface area (Å²) in [7, 11) is 0. The van der Waals surface area contributed by atoms with E-state index in [0.717, 1.165) is 5.69 Å². The summed E-state index contributed by atoms with van der Waals surface area (Å²) >= 11 is 0. The number of hydrogen-bond acceptors (Lipinski definition) is 3. The Kier molecular flexibility index (Phi) is 4.42. The first-order valence-corrected chi connectivity index (χ1v) is 8.11. The maximum atomic E-state index is 12.6. The van der Waals surface area contributed by atoms with Crippen LogP contribution in [0, 0.1) is 5.41 Å². The van der Waals surface area contributed by atoms with Gasteiger partial charge in [-0.1, -0.05) is 18.2 Å². The third-order valence-electron chi connectivity index (χ3n) is 4.65. The molecule has 3 rings (SSSR count). The summed E-state index contributed by atoms with van der Waals surface area (Å²) in [5.74, 6) is -0.0529. The summed E-state index contributed by atoms with van der Waals surface area (Å²) in [6.45, 7) is 3.90. The third kappa shape index (κ3) is 3.50. The van der Waals surface area contributed by atoms with Gasteiger partial charge in [0, 0.05) is 57.2 Å². The number of hydrogen-bond donors (Lipinski definition) is 2. The Bertz CT molecular complexity index is 648. The molecule has 2 aliphatic heterocycles. The largest absolute Gasteiger partial charge is 0.355 e. The van der Waals surface area contributed by atoms with E-state index < -0.39 is 5.41 Å². The first-order valence-electron chi connectivity index (χ1n) is 8.11. The minimum absolute atomic E-state index is 0.0242. The van der Waals surface area contributed by atoms with Gasteiger partial charge < -0.3 is 20.4 Å². The fourth-order valence-corrected chi connectivity index (χ4v) is 3.40. The van der Waals surface area contributed by atoms with Crippen molar-refractivity contribution in [1.29, 1.82) is 0 Å². The zero-order valence-corrected chi connectivity index (χ0v) is 13.7. The van der Waals surface area contributed by atoms with Gasteiger partial charge in [-0.05, 0) is 12.1 Å². The van der Waals surface area contributed by atoms with E-state index in [0.29, 0.717) is 39.1 Å². The van der Waals surface area contributed by atoms with Gasteiger partial charge in [0.05, 0.1) is 0 Å². The van der Waals surface area contributed by atoms with E-state index in [4.69, 9.17) is 0 Å². The topological polar surface area (TPSA) is 81.8 Å². The Morgan fingerprint density at radius 1 is 1.12 bits per heavy atom. The molecule has 1 unspecified atom stereocenters. The highest BCUT2D eigenvalue weighted by atomic mass is 16.2. The van der Waals surface area contributed by atoms with Crippen molar-refractivity contribution in [1.82, 2.24) is 15.1 Å². The molecule has 0 saturated carbocycles. The quantitative estimate of drug-likeness (QED) is 0.802. The number of carbonyl (C=O) groups excluding carboxylic acids is 3. The molecular formula is C17H22N4O3. The van der Waals surface area contributed by atoms with Crippen LogP contribution in [-0.2, 0) is 9.59 Å². The van der Waals surface area contributed by atoms with Crippen molar-refractivity contribution in [3.63, 3.8) is 0 Å². The van der Waals surface area contributed by atoms with Crippen molar-refractivity contribution in [2.75, 3.05) is 38.0 Å². The number of benzene rings is 1. The normalized spacial score (nSPS) is 23.8. The molecule has 0 aromatic heterocycles. The zero-order valence-electron chi connectivity index (χ0n) is 13.7. The summed E-state index contributed by atoms with van der Waals surface area (Å²) in [5.41, 5.74) is 0.317. The van der Waals surface area contributed by atoms with E-state index in [2.05, 4.69) is 10.6 Å². The molecule has 0 radical (unpaired) electrons. The van der Waals surface area contributed by atoms with Crippen molar-refractivity contribution >= 4 is 23.5 Å². The predicted molar refractivity (Wildman–Crippen MR) is 89.3 cm³/mol. The van der Waals surface area contributed by atoms with Gasteiger partial charge in [-0.25, -0.2) is 4.79 Å². The van der Waals surface area contributed by atoms with Gasteiger partial charge in [0.2, 0.25) is 11.8 Å². The fourth-order valence-electron chi connectivity index (χ4n) is 3.40. The molecule has 1 spiro atoms. The number of nitrogens with one attached hydrogen (secondary N) is 2. The molecule has 0 bridgehead atoms. The Morgan fingerprint density at radius 3 is 2.42 bits per heavy atom. The lowest BCUT2D eigenvalue weighted by Crippen LogP contribution is -2.45. The van der Waals surface area contributed by atoms with Crippen molar-refractivity contribution in [3.05, 3.63) is 30.3 Å². The third-order valence-corrected chi connectivity index (χ3v) is 4.65. The lowest BCUT2D eigenvalue weighted by molar-refractivity contribution is -0.130. The first-order chi connectivity index (χ1) is 11.5. The number of amides is 4. The van der Waals surface area contributed by atoms with E-state index in [-0.39, 0.29) is 17.8 Å². The van der Waals surface area contributed by atoms with E-state index in [1.165, 1.54) is 6.92 Å². The molecule has 2 N–H and O–H groups in total. The number of urea groups is 1. The van der Waals surface area contributed by atoms with Crippen molar-refractivity contribution < 1.29 is 14.4 Å². The Hall–Kier alpha value is -2.57. The van der Waals surface area contributed by atoms with Gasteiger partial charge in [-0.15, -0.1) is 0 Å². The van der Waals surface area contributed by atoms with Gasteiger partial charge >= 0.3 is 6.03 Å². The van der Waals surface area contributed by atoms with Crippen LogP contribution in [0.3, 0.4) is 0 Å². The monoisotopic (exact) mass is 330 g/mol. The second-order valence-electron chi connectivity index (χ2n) is 6.61. The average Bonchev–Trinajstić information content (AvgIpc) is 2.79. The van der Waals surface area contributed by atoms with E-state index in [1.54, 1.807) is 9.80 Å². The first kappa shape index (κ1) is 16.3. The Labute approximate surface area is 141 Å². The van der Waals surface area contributed by atoms with Gasteiger partial charge in [-0.2, -0.15) is 0 Å². The summed E-state index contributed by atoms with van der Waals surface area (Å²) in [6, 6.07) is 9.05. The van der Waals surface area contributed by atoms with Crippen molar-refractivity contribution in [2.45, 2.75) is 13.3 Å². The highest BCUT2D eigenvalue weighted by Crippen LogP contribution is 2.31. The smallest absolute Gasteiger partial charge is 0.321 e. The highest BCUT2D eigenvalue weighted by molar-refractivity contribution is 5.89. The second kappa shape index (κ2) is 6.51. The molecular weight excluding hydrogens is 308 g/mol. The molecule has 7 heteroatoms. The van der Waals surface area contributed by atoms with E-state index in [9.17, 15) is 14.4 Å². The number of para-hydroxylation sites is 1. The molecule has 128 valence electrons. The summed E-state index contributed by atoms with van der Waals surface area (Å²) in [5, 5.41) is 5.72. The van der Waals surface area contributed by atoms with Crippen LogP contribution in [0.4, 0.5) is 10.5 Å². The molecule has 2 saturated heterocycles. The lowest BCUT2D eigenvalue weighted by atomic mass is 9.86. The van der Waals surface area contributed by atoms with Crippen LogP contribution in [0.2, 0.25) is 0 Å². The highest BCUT2D eigenvalue weighted by Gasteiger charge is 2.44. The van der Waals surface area contributed by atoms with Crippen LogP contribution in [0.5, 0.6) is 0 Å². The molecule has 0 aliphatic carbocycles. The van der Waals surface area contributed by atoms with Gasteiger partial charge in [0.1, 0.15) is 0 Å². The minimum Gasteiger partial charge on any atom is -0.355 e. The summed E-state index contributed by atoms with van der Waals surface area (Å²) in [6.07, 6.45) is 0.339.